The first-order valence-electron chi connectivity index (χ1n) is 7.50. The minimum atomic E-state index is -0.983. The molecular formula is C18H18N2O3. The SMILES string of the molecule is O=c1c(Cc2ccccc2)nc2ccccc2n1CC(O)CO. The van der Waals surface area contributed by atoms with Gasteiger partial charge < -0.3 is 14.8 Å². The van der Waals surface area contributed by atoms with Gasteiger partial charge in [-0.15, -0.1) is 0 Å². The Morgan fingerprint density at radius 2 is 1.74 bits per heavy atom. The maximum atomic E-state index is 12.7. The second-order valence-corrected chi connectivity index (χ2v) is 5.46. The Balaban J connectivity index is 2.12. The summed E-state index contributed by atoms with van der Waals surface area (Å²) in [5.74, 6) is 0. The highest BCUT2D eigenvalue weighted by Crippen LogP contribution is 2.12. The molecule has 0 bridgehead atoms. The highest BCUT2D eigenvalue weighted by molar-refractivity contribution is 5.74. The number of hydrogen-bond donors (Lipinski definition) is 2. The van der Waals surface area contributed by atoms with Gasteiger partial charge in [-0.1, -0.05) is 42.5 Å². The van der Waals surface area contributed by atoms with E-state index in [-0.39, 0.29) is 12.1 Å². The van der Waals surface area contributed by atoms with Crippen molar-refractivity contribution >= 4 is 11.0 Å². The van der Waals surface area contributed by atoms with Crippen molar-refractivity contribution in [2.75, 3.05) is 6.61 Å². The summed E-state index contributed by atoms with van der Waals surface area (Å²) in [5.41, 5.74) is 2.55. The van der Waals surface area contributed by atoms with Crippen LogP contribution in [-0.4, -0.2) is 32.5 Å². The topological polar surface area (TPSA) is 75.4 Å². The fourth-order valence-electron chi connectivity index (χ4n) is 2.60. The van der Waals surface area contributed by atoms with Crippen LogP contribution in [0.5, 0.6) is 0 Å². The van der Waals surface area contributed by atoms with Crippen molar-refractivity contribution in [2.45, 2.75) is 19.1 Å². The Hall–Kier alpha value is -2.50. The molecule has 3 rings (SSSR count). The summed E-state index contributed by atoms with van der Waals surface area (Å²) in [6.45, 7) is -0.350. The lowest BCUT2D eigenvalue weighted by molar-refractivity contribution is 0.0813. The Morgan fingerprint density at radius 1 is 1.04 bits per heavy atom. The van der Waals surface area contributed by atoms with Crippen LogP contribution in [0.1, 0.15) is 11.3 Å². The summed E-state index contributed by atoms with van der Waals surface area (Å²) >= 11 is 0. The van der Waals surface area contributed by atoms with E-state index in [0.717, 1.165) is 5.56 Å². The molecule has 1 aromatic heterocycles. The number of nitrogens with zero attached hydrogens (tertiary/aromatic N) is 2. The lowest BCUT2D eigenvalue weighted by Gasteiger charge is -2.14. The largest absolute Gasteiger partial charge is 0.394 e. The van der Waals surface area contributed by atoms with E-state index in [1.165, 1.54) is 4.57 Å². The number of aliphatic hydroxyl groups is 2. The first-order chi connectivity index (χ1) is 11.2. The Labute approximate surface area is 133 Å². The smallest absolute Gasteiger partial charge is 0.273 e. The maximum Gasteiger partial charge on any atom is 0.273 e. The molecule has 1 unspecified atom stereocenters. The molecular weight excluding hydrogens is 292 g/mol. The molecule has 2 N–H and O–H groups in total. The maximum absolute atomic E-state index is 12.7. The molecule has 3 aromatic rings. The predicted octanol–water partition coefficient (Wildman–Crippen LogP) is 1.34. The third kappa shape index (κ3) is 3.31. The zero-order chi connectivity index (χ0) is 16.2. The van der Waals surface area contributed by atoms with Gasteiger partial charge in [0.15, 0.2) is 0 Å². The van der Waals surface area contributed by atoms with Crippen molar-refractivity contribution in [1.82, 2.24) is 9.55 Å². The fourth-order valence-corrected chi connectivity index (χ4v) is 2.60. The van der Waals surface area contributed by atoms with Crippen LogP contribution in [0.2, 0.25) is 0 Å². The van der Waals surface area contributed by atoms with Gasteiger partial charge in [0, 0.05) is 6.42 Å². The van der Waals surface area contributed by atoms with E-state index in [9.17, 15) is 9.90 Å². The Kier molecular flexibility index (Phi) is 4.50. The van der Waals surface area contributed by atoms with E-state index >= 15 is 0 Å². The van der Waals surface area contributed by atoms with Crippen LogP contribution >= 0.6 is 0 Å². The zero-order valence-corrected chi connectivity index (χ0v) is 12.6. The Bertz CT molecular complexity index is 859. The van der Waals surface area contributed by atoms with Gasteiger partial charge in [-0.25, -0.2) is 4.98 Å². The van der Waals surface area contributed by atoms with Gasteiger partial charge in [-0.2, -0.15) is 0 Å². The number of benzene rings is 2. The molecule has 0 fully saturated rings. The van der Waals surface area contributed by atoms with Crippen molar-refractivity contribution in [3.05, 3.63) is 76.2 Å². The minimum absolute atomic E-state index is 0.0418. The third-order valence-electron chi connectivity index (χ3n) is 3.74. The summed E-state index contributed by atoms with van der Waals surface area (Å²) in [5, 5.41) is 18.8. The molecule has 0 amide bonds. The monoisotopic (exact) mass is 310 g/mol. The summed E-state index contributed by atoms with van der Waals surface area (Å²) in [6, 6.07) is 17.0. The molecule has 5 nitrogen and oxygen atoms in total. The standard InChI is InChI=1S/C18H18N2O3/c21-12-14(22)11-20-17-9-5-4-8-15(17)19-16(18(20)23)10-13-6-2-1-3-7-13/h1-9,14,21-22H,10-12H2. The lowest BCUT2D eigenvalue weighted by atomic mass is 10.1. The molecule has 0 spiro atoms. The van der Waals surface area contributed by atoms with Gasteiger partial charge >= 0.3 is 0 Å². The molecule has 0 saturated heterocycles. The van der Waals surface area contributed by atoms with Gasteiger partial charge in [0.25, 0.3) is 5.56 Å². The van der Waals surface area contributed by atoms with Crippen LogP contribution < -0.4 is 5.56 Å². The Morgan fingerprint density at radius 3 is 2.48 bits per heavy atom. The van der Waals surface area contributed by atoms with E-state index in [4.69, 9.17) is 5.11 Å². The molecule has 0 aliphatic rings. The summed E-state index contributed by atoms with van der Waals surface area (Å²) < 4.78 is 1.49. The number of para-hydroxylation sites is 2. The van der Waals surface area contributed by atoms with Crippen LogP contribution in [0.15, 0.2) is 59.4 Å². The van der Waals surface area contributed by atoms with E-state index in [2.05, 4.69) is 4.98 Å². The number of aromatic nitrogens is 2. The van der Waals surface area contributed by atoms with Gasteiger partial charge in [-0.3, -0.25) is 4.79 Å². The second kappa shape index (κ2) is 6.73. The number of hydrogen-bond acceptors (Lipinski definition) is 4. The summed E-state index contributed by atoms with van der Waals surface area (Å²) in [6.07, 6.45) is -0.553. The molecule has 2 aromatic carbocycles. The van der Waals surface area contributed by atoms with Crippen LogP contribution in [0.3, 0.4) is 0 Å². The van der Waals surface area contributed by atoms with Crippen LogP contribution in [0.4, 0.5) is 0 Å². The normalized spacial score (nSPS) is 12.4. The van der Waals surface area contributed by atoms with Crippen molar-refractivity contribution in [1.29, 1.82) is 0 Å². The van der Waals surface area contributed by atoms with Crippen molar-refractivity contribution in [3.63, 3.8) is 0 Å². The summed E-state index contributed by atoms with van der Waals surface area (Å²) in [4.78, 5) is 17.2. The van der Waals surface area contributed by atoms with Crippen LogP contribution in [0.25, 0.3) is 11.0 Å². The predicted molar refractivity (Wildman–Crippen MR) is 88.3 cm³/mol. The molecule has 23 heavy (non-hydrogen) atoms. The molecule has 1 heterocycles. The minimum Gasteiger partial charge on any atom is -0.394 e. The van der Waals surface area contributed by atoms with Gasteiger partial charge in [0.1, 0.15) is 5.69 Å². The quantitative estimate of drug-likeness (QED) is 0.746. The molecule has 0 saturated carbocycles. The zero-order valence-electron chi connectivity index (χ0n) is 12.6. The van der Waals surface area contributed by atoms with E-state index in [1.807, 2.05) is 48.5 Å². The molecule has 0 aliphatic carbocycles. The summed E-state index contributed by atoms with van der Waals surface area (Å²) in [7, 11) is 0. The lowest BCUT2D eigenvalue weighted by Crippen LogP contribution is -2.31. The molecule has 118 valence electrons. The van der Waals surface area contributed by atoms with Crippen molar-refractivity contribution in [2.24, 2.45) is 0 Å². The van der Waals surface area contributed by atoms with Gasteiger partial charge in [-0.05, 0) is 17.7 Å². The van der Waals surface area contributed by atoms with E-state index in [1.54, 1.807) is 6.07 Å². The second-order valence-electron chi connectivity index (χ2n) is 5.46. The molecule has 0 radical (unpaired) electrons. The number of aliphatic hydroxyl groups excluding tert-OH is 2. The highest BCUT2D eigenvalue weighted by atomic mass is 16.3. The van der Waals surface area contributed by atoms with Gasteiger partial charge in [0.05, 0.1) is 30.3 Å². The van der Waals surface area contributed by atoms with Crippen LogP contribution in [0, 0.1) is 0 Å². The highest BCUT2D eigenvalue weighted by Gasteiger charge is 2.14. The molecule has 0 aliphatic heterocycles. The van der Waals surface area contributed by atoms with Crippen LogP contribution in [-0.2, 0) is 13.0 Å². The van der Waals surface area contributed by atoms with Gasteiger partial charge in [0.2, 0.25) is 0 Å². The average molecular weight is 310 g/mol. The molecule has 1 atom stereocenters. The van der Waals surface area contributed by atoms with Crippen molar-refractivity contribution in [3.8, 4) is 0 Å². The first-order valence-corrected chi connectivity index (χ1v) is 7.50. The average Bonchev–Trinajstić information content (AvgIpc) is 2.59. The number of fused-ring (bicyclic) bond motifs is 1. The van der Waals surface area contributed by atoms with E-state index < -0.39 is 12.7 Å². The number of rotatable bonds is 5. The third-order valence-corrected chi connectivity index (χ3v) is 3.74. The van der Waals surface area contributed by atoms with E-state index in [0.29, 0.717) is 23.1 Å². The van der Waals surface area contributed by atoms with Crippen molar-refractivity contribution < 1.29 is 10.2 Å². The first kappa shape index (κ1) is 15.4. The fraction of sp³-hybridized carbons (Fsp3) is 0.222. The molecule has 5 heteroatoms.